The number of hydrogen-bond donors (Lipinski definition) is 0. The molecule has 1 aromatic carbocycles. The molecule has 0 aliphatic rings. The lowest BCUT2D eigenvalue weighted by molar-refractivity contribution is 0.416. The molecular formula is C22H28ClFN4O. The number of fused-ring (bicyclic) bond motifs is 1. The fraction of sp³-hybridized carbons (Fsp3) is 0.455. The maximum atomic E-state index is 12.9. The molecule has 0 saturated carbocycles. The number of alkyl halides is 1. The summed E-state index contributed by atoms with van der Waals surface area (Å²) in [6, 6.07) is 3.85. The summed E-state index contributed by atoms with van der Waals surface area (Å²) in [4.78, 5) is 11.7. The predicted molar refractivity (Wildman–Crippen MR) is 117 cm³/mol. The van der Waals surface area contributed by atoms with Crippen molar-refractivity contribution in [1.82, 2.24) is 14.4 Å². The van der Waals surface area contributed by atoms with Crippen LogP contribution in [0.2, 0.25) is 5.02 Å². The summed E-state index contributed by atoms with van der Waals surface area (Å²) in [7, 11) is 1.63. The third kappa shape index (κ3) is 4.17. The highest BCUT2D eigenvalue weighted by Gasteiger charge is 2.22. The number of aryl methyl sites for hydroxylation is 2. The van der Waals surface area contributed by atoms with Crippen LogP contribution in [0.25, 0.3) is 16.9 Å². The van der Waals surface area contributed by atoms with E-state index < -0.39 is 0 Å². The molecule has 3 rings (SSSR count). The zero-order valence-electron chi connectivity index (χ0n) is 17.5. The van der Waals surface area contributed by atoms with Crippen molar-refractivity contribution in [3.05, 3.63) is 40.8 Å². The van der Waals surface area contributed by atoms with Crippen LogP contribution < -0.4 is 9.64 Å². The fourth-order valence-electron chi connectivity index (χ4n) is 3.71. The van der Waals surface area contributed by atoms with Crippen molar-refractivity contribution in [2.24, 2.45) is 0 Å². The molecule has 29 heavy (non-hydrogen) atoms. The Kier molecular flexibility index (Phi) is 6.96. The molecule has 0 unspecified atom stereocenters. The van der Waals surface area contributed by atoms with E-state index in [1.165, 1.54) is 0 Å². The predicted octanol–water partition coefficient (Wildman–Crippen LogP) is 5.51. The number of ether oxygens (including phenoxy) is 1. The molecule has 3 aromatic rings. The van der Waals surface area contributed by atoms with Gasteiger partial charge < -0.3 is 9.64 Å². The molecule has 0 saturated heterocycles. The van der Waals surface area contributed by atoms with Crippen LogP contribution in [0.5, 0.6) is 5.75 Å². The summed E-state index contributed by atoms with van der Waals surface area (Å²) < 4.78 is 20.5. The number of rotatable bonds is 9. The van der Waals surface area contributed by atoms with Crippen molar-refractivity contribution in [1.29, 1.82) is 0 Å². The van der Waals surface area contributed by atoms with Gasteiger partial charge in [0.1, 0.15) is 17.3 Å². The second kappa shape index (κ2) is 9.44. The maximum absolute atomic E-state index is 12.9. The number of hydrogen-bond acceptors (Lipinski definition) is 4. The Bertz CT molecular complexity index is 989. The monoisotopic (exact) mass is 418 g/mol. The number of methoxy groups -OCH3 is 1. The van der Waals surface area contributed by atoms with Gasteiger partial charge in [-0.3, -0.25) is 13.8 Å². The standard InChI is InChI=1S/C22H28ClFN4O/c1-5-10-27(11-7-8-24)22-17(6-2)26-21-20(25-9-12-28(21)22)19-16(23)13-15(3)14-18(19)29-4/h9,12-14H,5-8,10-11H2,1-4H3. The van der Waals surface area contributed by atoms with Crippen molar-refractivity contribution in [2.75, 3.05) is 31.8 Å². The van der Waals surface area contributed by atoms with Crippen LogP contribution in [0.3, 0.4) is 0 Å². The second-order valence-electron chi connectivity index (χ2n) is 7.06. The van der Waals surface area contributed by atoms with Gasteiger partial charge in [-0.1, -0.05) is 25.4 Å². The van der Waals surface area contributed by atoms with E-state index in [-0.39, 0.29) is 6.67 Å². The van der Waals surface area contributed by atoms with E-state index in [0.29, 0.717) is 29.4 Å². The largest absolute Gasteiger partial charge is 0.496 e. The van der Waals surface area contributed by atoms with Gasteiger partial charge in [-0.2, -0.15) is 0 Å². The van der Waals surface area contributed by atoms with Gasteiger partial charge in [0.25, 0.3) is 0 Å². The zero-order valence-corrected chi connectivity index (χ0v) is 18.3. The Hall–Kier alpha value is -2.34. The molecule has 0 fully saturated rings. The van der Waals surface area contributed by atoms with Crippen LogP contribution in [0, 0.1) is 6.92 Å². The molecule has 0 radical (unpaired) electrons. The molecule has 2 heterocycles. The van der Waals surface area contributed by atoms with Crippen LogP contribution in [0.1, 0.15) is 37.9 Å². The quantitative estimate of drug-likeness (QED) is 0.459. The van der Waals surface area contributed by atoms with Crippen molar-refractivity contribution < 1.29 is 9.13 Å². The normalized spacial score (nSPS) is 11.2. The highest BCUT2D eigenvalue weighted by atomic mass is 35.5. The lowest BCUT2D eigenvalue weighted by Crippen LogP contribution is -2.28. The topological polar surface area (TPSA) is 42.7 Å². The van der Waals surface area contributed by atoms with E-state index in [4.69, 9.17) is 21.3 Å². The average molecular weight is 419 g/mol. The van der Waals surface area contributed by atoms with Gasteiger partial charge in [0.15, 0.2) is 5.65 Å². The van der Waals surface area contributed by atoms with Crippen molar-refractivity contribution in [3.63, 3.8) is 0 Å². The number of imidazole rings is 1. The first-order chi connectivity index (χ1) is 14.0. The molecular weight excluding hydrogens is 391 g/mol. The molecule has 156 valence electrons. The van der Waals surface area contributed by atoms with Crippen LogP contribution in [0.4, 0.5) is 10.2 Å². The minimum absolute atomic E-state index is 0.332. The van der Waals surface area contributed by atoms with Crippen molar-refractivity contribution >= 4 is 23.1 Å². The van der Waals surface area contributed by atoms with Gasteiger partial charge in [-0.25, -0.2) is 4.98 Å². The van der Waals surface area contributed by atoms with Gasteiger partial charge >= 0.3 is 0 Å². The smallest absolute Gasteiger partial charge is 0.165 e. The van der Waals surface area contributed by atoms with Gasteiger partial charge in [0.2, 0.25) is 0 Å². The minimum Gasteiger partial charge on any atom is -0.496 e. The zero-order chi connectivity index (χ0) is 21.0. The van der Waals surface area contributed by atoms with Gasteiger partial charge in [-0.15, -0.1) is 0 Å². The fourth-order valence-corrected chi connectivity index (χ4v) is 4.06. The summed E-state index contributed by atoms with van der Waals surface area (Å²) in [5.74, 6) is 1.67. The van der Waals surface area contributed by atoms with Gasteiger partial charge in [0.05, 0.1) is 30.1 Å². The first kappa shape index (κ1) is 21.4. The highest BCUT2D eigenvalue weighted by molar-refractivity contribution is 6.34. The third-order valence-corrected chi connectivity index (χ3v) is 5.23. The summed E-state index contributed by atoms with van der Waals surface area (Å²) >= 11 is 6.60. The van der Waals surface area contributed by atoms with Crippen molar-refractivity contribution in [2.45, 2.75) is 40.0 Å². The molecule has 0 amide bonds. The summed E-state index contributed by atoms with van der Waals surface area (Å²) in [6.45, 7) is 7.34. The van der Waals surface area contributed by atoms with Crippen molar-refractivity contribution in [3.8, 4) is 17.0 Å². The van der Waals surface area contributed by atoms with Crippen LogP contribution >= 0.6 is 11.6 Å². The SMILES string of the molecule is CCCN(CCCF)c1c(CC)nc2c(-c3c(Cl)cc(C)cc3OC)nccn12. The number of anilines is 1. The Morgan fingerprint density at radius 3 is 2.69 bits per heavy atom. The van der Waals surface area contributed by atoms with E-state index in [2.05, 4.69) is 23.7 Å². The van der Waals surface area contributed by atoms with E-state index >= 15 is 0 Å². The molecule has 5 nitrogen and oxygen atoms in total. The number of benzene rings is 1. The molecule has 7 heteroatoms. The second-order valence-corrected chi connectivity index (χ2v) is 7.47. The lowest BCUT2D eigenvalue weighted by atomic mass is 10.1. The summed E-state index contributed by atoms with van der Waals surface area (Å²) in [5.41, 5.74) is 4.12. The first-order valence-electron chi connectivity index (χ1n) is 10.1. The lowest BCUT2D eigenvalue weighted by Gasteiger charge is -2.24. The van der Waals surface area contributed by atoms with Gasteiger partial charge in [0, 0.05) is 25.5 Å². The highest BCUT2D eigenvalue weighted by Crippen LogP contribution is 2.39. The number of nitrogens with zero attached hydrogens (tertiary/aromatic N) is 4. The average Bonchev–Trinajstić information content (AvgIpc) is 3.09. The van der Waals surface area contributed by atoms with E-state index in [1.807, 2.05) is 29.7 Å². The summed E-state index contributed by atoms with van der Waals surface area (Å²) in [5, 5.41) is 0.577. The van der Waals surface area contributed by atoms with E-state index in [9.17, 15) is 4.39 Å². The molecule has 0 N–H and O–H groups in total. The van der Waals surface area contributed by atoms with E-state index in [0.717, 1.165) is 47.7 Å². The molecule has 0 spiro atoms. The summed E-state index contributed by atoms with van der Waals surface area (Å²) in [6.07, 6.45) is 5.89. The Labute approximate surface area is 176 Å². The van der Waals surface area contributed by atoms with Crippen LogP contribution in [0.15, 0.2) is 24.5 Å². The molecule has 0 bridgehead atoms. The molecule has 0 aliphatic heterocycles. The minimum atomic E-state index is -0.332. The Balaban J connectivity index is 2.25. The first-order valence-corrected chi connectivity index (χ1v) is 10.4. The number of halogens is 2. The van der Waals surface area contributed by atoms with Gasteiger partial charge in [-0.05, 0) is 43.9 Å². The Morgan fingerprint density at radius 2 is 2.03 bits per heavy atom. The molecule has 0 atom stereocenters. The Morgan fingerprint density at radius 1 is 1.24 bits per heavy atom. The van der Waals surface area contributed by atoms with E-state index in [1.54, 1.807) is 13.3 Å². The maximum Gasteiger partial charge on any atom is 0.165 e. The molecule has 2 aromatic heterocycles. The number of aromatic nitrogens is 3. The van der Waals surface area contributed by atoms with Crippen LogP contribution in [-0.2, 0) is 6.42 Å². The third-order valence-electron chi connectivity index (χ3n) is 4.93. The molecule has 0 aliphatic carbocycles. The van der Waals surface area contributed by atoms with Crippen LogP contribution in [-0.4, -0.2) is 41.2 Å².